The highest BCUT2D eigenvalue weighted by molar-refractivity contribution is 5.80. The molecule has 0 fully saturated rings. The van der Waals surface area contributed by atoms with Gasteiger partial charge in [0.1, 0.15) is 6.61 Å². The van der Waals surface area contributed by atoms with Gasteiger partial charge in [-0.25, -0.2) is 0 Å². The zero-order chi connectivity index (χ0) is 20.5. The van der Waals surface area contributed by atoms with Crippen LogP contribution in [0.15, 0.2) is 42.5 Å². The molecule has 1 aliphatic rings. The lowest BCUT2D eigenvalue weighted by molar-refractivity contribution is -0.142. The SMILES string of the molecule is CC(=O)OCc1ccc(C=C(C)c2ccc3c(c2)C(C)(C)CCC3(C)C)cc1. The molecule has 2 nitrogen and oxygen atoms in total. The average Bonchev–Trinajstić information content (AvgIpc) is 2.64. The lowest BCUT2D eigenvalue weighted by Crippen LogP contribution is -2.33. The van der Waals surface area contributed by atoms with E-state index in [1.54, 1.807) is 0 Å². The first-order valence-corrected chi connectivity index (χ1v) is 10.1. The zero-order valence-corrected chi connectivity index (χ0v) is 18.1. The van der Waals surface area contributed by atoms with Gasteiger partial charge in [0.15, 0.2) is 0 Å². The van der Waals surface area contributed by atoms with Gasteiger partial charge in [0, 0.05) is 6.92 Å². The van der Waals surface area contributed by atoms with Gasteiger partial charge in [-0.2, -0.15) is 0 Å². The summed E-state index contributed by atoms with van der Waals surface area (Å²) in [5.74, 6) is -0.252. The summed E-state index contributed by atoms with van der Waals surface area (Å²) in [6.07, 6.45) is 4.68. The van der Waals surface area contributed by atoms with Gasteiger partial charge in [0.2, 0.25) is 0 Å². The Labute approximate surface area is 169 Å². The van der Waals surface area contributed by atoms with Gasteiger partial charge in [-0.05, 0) is 64.0 Å². The van der Waals surface area contributed by atoms with Crippen LogP contribution in [0.25, 0.3) is 11.6 Å². The second-order valence-corrected chi connectivity index (χ2v) is 9.38. The van der Waals surface area contributed by atoms with Gasteiger partial charge in [-0.3, -0.25) is 4.79 Å². The van der Waals surface area contributed by atoms with Crippen molar-refractivity contribution < 1.29 is 9.53 Å². The van der Waals surface area contributed by atoms with Crippen molar-refractivity contribution in [2.75, 3.05) is 0 Å². The number of ether oxygens (including phenoxy) is 1. The van der Waals surface area contributed by atoms with Crippen molar-refractivity contribution in [3.8, 4) is 0 Å². The third-order valence-corrected chi connectivity index (χ3v) is 6.11. The van der Waals surface area contributed by atoms with Crippen LogP contribution >= 0.6 is 0 Å². The molecule has 0 spiro atoms. The highest BCUT2D eigenvalue weighted by Crippen LogP contribution is 2.46. The summed E-state index contributed by atoms with van der Waals surface area (Å²) in [5, 5.41) is 0. The van der Waals surface area contributed by atoms with E-state index in [9.17, 15) is 4.79 Å². The first-order chi connectivity index (χ1) is 13.1. The molecule has 0 N–H and O–H groups in total. The molecule has 0 atom stereocenters. The van der Waals surface area contributed by atoms with Crippen LogP contribution in [-0.4, -0.2) is 5.97 Å². The molecule has 1 aliphatic carbocycles. The molecule has 0 aliphatic heterocycles. The number of rotatable bonds is 4. The first kappa shape index (κ1) is 20.4. The van der Waals surface area contributed by atoms with Gasteiger partial charge in [0.25, 0.3) is 0 Å². The van der Waals surface area contributed by atoms with E-state index >= 15 is 0 Å². The molecule has 0 amide bonds. The van der Waals surface area contributed by atoms with Crippen LogP contribution in [0.2, 0.25) is 0 Å². The third kappa shape index (κ3) is 4.38. The van der Waals surface area contributed by atoms with E-state index in [0.29, 0.717) is 6.61 Å². The number of hydrogen-bond acceptors (Lipinski definition) is 2. The van der Waals surface area contributed by atoms with E-state index in [-0.39, 0.29) is 16.8 Å². The number of esters is 1. The molecule has 0 aromatic heterocycles. The number of carbonyl (C=O) groups is 1. The Bertz CT molecular complexity index is 899. The summed E-state index contributed by atoms with van der Waals surface area (Å²) >= 11 is 0. The standard InChI is InChI=1S/C26H32O2/c1-18(15-20-7-9-21(10-8-20)17-28-19(2)27)22-11-12-23-24(16-22)26(5,6)14-13-25(23,3)4/h7-12,15-16H,13-14,17H2,1-6H3. The monoisotopic (exact) mass is 376 g/mol. The topological polar surface area (TPSA) is 26.3 Å². The third-order valence-electron chi connectivity index (χ3n) is 6.11. The lowest BCUT2D eigenvalue weighted by Gasteiger charge is -2.42. The Morgan fingerprint density at radius 2 is 1.54 bits per heavy atom. The molecule has 2 aromatic rings. The molecule has 0 bridgehead atoms. The molecule has 28 heavy (non-hydrogen) atoms. The maximum Gasteiger partial charge on any atom is 0.302 e. The maximum atomic E-state index is 10.9. The van der Waals surface area contributed by atoms with Gasteiger partial charge in [-0.1, -0.05) is 76.2 Å². The van der Waals surface area contributed by atoms with Gasteiger partial charge < -0.3 is 4.74 Å². The van der Waals surface area contributed by atoms with Gasteiger partial charge in [-0.15, -0.1) is 0 Å². The summed E-state index contributed by atoms with van der Waals surface area (Å²) in [6.45, 7) is 13.4. The molecule has 2 heteroatoms. The molecular formula is C26H32O2. The molecule has 0 unspecified atom stereocenters. The molecule has 3 rings (SSSR count). The zero-order valence-electron chi connectivity index (χ0n) is 18.1. The van der Waals surface area contributed by atoms with Crippen molar-refractivity contribution in [3.05, 3.63) is 70.3 Å². The summed E-state index contributed by atoms with van der Waals surface area (Å²) in [5.41, 5.74) is 8.16. The van der Waals surface area contributed by atoms with Crippen LogP contribution < -0.4 is 0 Å². The van der Waals surface area contributed by atoms with E-state index in [4.69, 9.17) is 4.74 Å². The van der Waals surface area contributed by atoms with Crippen LogP contribution in [0, 0.1) is 0 Å². The Balaban J connectivity index is 1.86. The predicted octanol–water partition coefficient (Wildman–Crippen LogP) is 6.66. The number of benzene rings is 2. The molecular weight excluding hydrogens is 344 g/mol. The van der Waals surface area contributed by atoms with Crippen molar-refractivity contribution in [2.24, 2.45) is 0 Å². The minimum absolute atomic E-state index is 0.222. The van der Waals surface area contributed by atoms with Crippen LogP contribution in [0.5, 0.6) is 0 Å². The van der Waals surface area contributed by atoms with Crippen LogP contribution in [0.1, 0.15) is 82.2 Å². The minimum Gasteiger partial charge on any atom is -0.461 e. The second-order valence-electron chi connectivity index (χ2n) is 9.38. The van der Waals surface area contributed by atoms with E-state index in [0.717, 1.165) is 11.1 Å². The van der Waals surface area contributed by atoms with E-state index in [2.05, 4.69) is 71.0 Å². The van der Waals surface area contributed by atoms with Crippen molar-refractivity contribution in [1.29, 1.82) is 0 Å². The maximum absolute atomic E-state index is 10.9. The van der Waals surface area contributed by atoms with Crippen molar-refractivity contribution in [1.82, 2.24) is 0 Å². The molecule has 0 saturated heterocycles. The lowest BCUT2D eigenvalue weighted by atomic mass is 9.63. The highest BCUT2D eigenvalue weighted by Gasteiger charge is 2.36. The fourth-order valence-electron chi connectivity index (χ4n) is 4.06. The molecule has 0 heterocycles. The number of hydrogen-bond donors (Lipinski definition) is 0. The first-order valence-electron chi connectivity index (χ1n) is 10.1. The minimum atomic E-state index is -0.252. The van der Waals surface area contributed by atoms with Crippen LogP contribution in [-0.2, 0) is 27.0 Å². The van der Waals surface area contributed by atoms with Gasteiger partial charge >= 0.3 is 5.97 Å². The quantitative estimate of drug-likeness (QED) is 0.440. The number of fused-ring (bicyclic) bond motifs is 1. The van der Waals surface area contributed by atoms with E-state index < -0.39 is 0 Å². The van der Waals surface area contributed by atoms with Crippen LogP contribution in [0.3, 0.4) is 0 Å². The van der Waals surface area contributed by atoms with Gasteiger partial charge in [0.05, 0.1) is 0 Å². The molecule has 148 valence electrons. The van der Waals surface area contributed by atoms with Crippen molar-refractivity contribution in [3.63, 3.8) is 0 Å². The summed E-state index contributed by atoms with van der Waals surface area (Å²) < 4.78 is 5.05. The van der Waals surface area contributed by atoms with E-state index in [1.807, 2.05) is 12.1 Å². The fraction of sp³-hybridized carbons (Fsp3) is 0.423. The fourth-order valence-corrected chi connectivity index (χ4v) is 4.06. The highest BCUT2D eigenvalue weighted by atomic mass is 16.5. The summed E-state index contributed by atoms with van der Waals surface area (Å²) in [6, 6.07) is 15.2. The van der Waals surface area contributed by atoms with E-state index in [1.165, 1.54) is 42.0 Å². The predicted molar refractivity (Wildman–Crippen MR) is 117 cm³/mol. The van der Waals surface area contributed by atoms with Crippen molar-refractivity contribution >= 4 is 17.6 Å². The Hall–Kier alpha value is -2.35. The normalized spacial score (nSPS) is 17.7. The Morgan fingerprint density at radius 1 is 0.929 bits per heavy atom. The largest absolute Gasteiger partial charge is 0.461 e. The average molecular weight is 377 g/mol. The summed E-state index contributed by atoms with van der Waals surface area (Å²) in [4.78, 5) is 10.9. The van der Waals surface area contributed by atoms with Crippen molar-refractivity contribution in [2.45, 2.75) is 71.8 Å². The number of carbonyl (C=O) groups excluding carboxylic acids is 1. The molecule has 0 saturated carbocycles. The summed E-state index contributed by atoms with van der Waals surface area (Å²) in [7, 11) is 0. The molecule has 2 aromatic carbocycles. The smallest absolute Gasteiger partial charge is 0.302 e. The van der Waals surface area contributed by atoms with Crippen LogP contribution in [0.4, 0.5) is 0 Å². The second kappa shape index (κ2) is 7.58. The molecule has 0 radical (unpaired) electrons. The number of allylic oxidation sites excluding steroid dienone is 1. The Kier molecular flexibility index (Phi) is 5.52. The Morgan fingerprint density at radius 3 is 2.14 bits per heavy atom.